The van der Waals surface area contributed by atoms with Gasteiger partial charge in [-0.2, -0.15) is 0 Å². The fourth-order valence-electron chi connectivity index (χ4n) is 1.53. The number of nitrogens with one attached hydrogen (secondary N) is 1. The summed E-state index contributed by atoms with van der Waals surface area (Å²) >= 11 is 7.58. The maximum atomic E-state index is 13.5. The third kappa shape index (κ3) is 2.93. The van der Waals surface area contributed by atoms with Crippen molar-refractivity contribution in [3.8, 4) is 0 Å². The molecule has 0 saturated carbocycles. The van der Waals surface area contributed by atoms with E-state index < -0.39 is 0 Å². The summed E-state index contributed by atoms with van der Waals surface area (Å²) < 4.78 is 13.5. The van der Waals surface area contributed by atoms with Crippen LogP contribution in [-0.2, 0) is 0 Å². The topological polar surface area (TPSA) is 24.4 Å². The molecule has 1 atom stereocenters. The second-order valence-corrected chi connectivity index (χ2v) is 5.90. The third-order valence-corrected chi connectivity index (χ3v) is 4.38. The first kappa shape index (κ1) is 12.7. The molecule has 0 fully saturated rings. The highest BCUT2D eigenvalue weighted by Crippen LogP contribution is 2.31. The van der Waals surface area contributed by atoms with Crippen LogP contribution in [0.5, 0.6) is 0 Å². The number of para-hydroxylation sites is 1. The molecule has 1 N–H and O–H groups in total. The summed E-state index contributed by atoms with van der Waals surface area (Å²) in [7, 11) is 0. The van der Waals surface area contributed by atoms with Gasteiger partial charge < -0.3 is 5.32 Å². The summed E-state index contributed by atoms with van der Waals surface area (Å²) in [5.74, 6) is 0.202. The normalized spacial score (nSPS) is 19.6. The maximum absolute atomic E-state index is 13.5. The van der Waals surface area contributed by atoms with Gasteiger partial charge in [0.1, 0.15) is 5.82 Å². The Morgan fingerprint density at radius 2 is 2.29 bits per heavy atom. The second kappa shape index (κ2) is 5.27. The SMILES string of the molecule is CC(C)C1CN=C(Nc2c(F)cccc2Cl)S1. The predicted molar refractivity (Wildman–Crippen MR) is 73.6 cm³/mol. The molecule has 1 aromatic rings. The van der Waals surface area contributed by atoms with Crippen molar-refractivity contribution in [2.45, 2.75) is 19.1 Å². The van der Waals surface area contributed by atoms with E-state index in [1.807, 2.05) is 0 Å². The Hall–Kier alpha value is -0.740. The molecule has 1 unspecified atom stereocenters. The molecule has 0 aliphatic carbocycles. The molecular formula is C12H14ClFN2S. The van der Waals surface area contributed by atoms with E-state index in [-0.39, 0.29) is 5.82 Å². The number of thioether (sulfide) groups is 1. The predicted octanol–water partition coefficient (Wildman–Crippen LogP) is 4.02. The minimum atomic E-state index is -0.353. The summed E-state index contributed by atoms with van der Waals surface area (Å²) in [4.78, 5) is 4.36. The van der Waals surface area contributed by atoms with Gasteiger partial charge in [-0.25, -0.2) is 4.39 Å². The Morgan fingerprint density at radius 1 is 1.53 bits per heavy atom. The molecule has 0 aromatic heterocycles. The lowest BCUT2D eigenvalue weighted by molar-refractivity contribution is 0.621. The van der Waals surface area contributed by atoms with Crippen molar-refractivity contribution in [3.63, 3.8) is 0 Å². The van der Waals surface area contributed by atoms with Gasteiger partial charge in [-0.3, -0.25) is 4.99 Å². The van der Waals surface area contributed by atoms with E-state index in [4.69, 9.17) is 11.6 Å². The fraction of sp³-hybridized carbons (Fsp3) is 0.417. The number of rotatable bonds is 2. The van der Waals surface area contributed by atoms with Gasteiger partial charge in [-0.15, -0.1) is 0 Å². The Bertz CT molecular complexity index is 428. The van der Waals surface area contributed by atoms with Gasteiger partial charge in [-0.1, -0.05) is 43.3 Å². The molecule has 1 aromatic carbocycles. The number of aliphatic imine (C=N–C) groups is 1. The average molecular weight is 273 g/mol. The first-order chi connectivity index (χ1) is 8.08. The van der Waals surface area contributed by atoms with Gasteiger partial charge in [0.05, 0.1) is 17.3 Å². The highest BCUT2D eigenvalue weighted by atomic mass is 35.5. The molecule has 0 bridgehead atoms. The lowest BCUT2D eigenvalue weighted by atomic mass is 10.1. The van der Waals surface area contributed by atoms with Crippen LogP contribution < -0.4 is 5.32 Å². The molecule has 0 amide bonds. The van der Waals surface area contributed by atoms with Crippen molar-refractivity contribution < 1.29 is 4.39 Å². The third-order valence-electron chi connectivity index (χ3n) is 2.62. The molecule has 1 aliphatic rings. The first-order valence-corrected chi connectivity index (χ1v) is 6.76. The average Bonchev–Trinajstić information content (AvgIpc) is 2.72. The zero-order chi connectivity index (χ0) is 12.4. The Kier molecular flexibility index (Phi) is 3.94. The van der Waals surface area contributed by atoms with Crippen molar-refractivity contribution in [3.05, 3.63) is 29.0 Å². The molecular weight excluding hydrogens is 259 g/mol. The van der Waals surface area contributed by atoms with Crippen molar-refractivity contribution in [2.24, 2.45) is 10.9 Å². The van der Waals surface area contributed by atoms with E-state index in [2.05, 4.69) is 24.2 Å². The second-order valence-electron chi connectivity index (χ2n) is 4.27. The maximum Gasteiger partial charge on any atom is 0.161 e. The molecule has 5 heteroatoms. The van der Waals surface area contributed by atoms with Crippen LogP contribution in [0.15, 0.2) is 23.2 Å². The van der Waals surface area contributed by atoms with Crippen LogP contribution >= 0.6 is 23.4 Å². The number of hydrogen-bond donors (Lipinski definition) is 1. The lowest BCUT2D eigenvalue weighted by Crippen LogP contribution is -2.13. The van der Waals surface area contributed by atoms with E-state index in [1.54, 1.807) is 23.9 Å². The van der Waals surface area contributed by atoms with Gasteiger partial charge >= 0.3 is 0 Å². The number of halogens is 2. The van der Waals surface area contributed by atoms with Crippen LogP contribution in [0.1, 0.15) is 13.8 Å². The molecule has 0 radical (unpaired) electrons. The largest absolute Gasteiger partial charge is 0.331 e. The number of anilines is 1. The molecule has 1 heterocycles. The van der Waals surface area contributed by atoms with E-state index in [0.717, 1.165) is 11.7 Å². The smallest absolute Gasteiger partial charge is 0.161 e. The van der Waals surface area contributed by atoms with E-state index in [1.165, 1.54) is 6.07 Å². The minimum Gasteiger partial charge on any atom is -0.331 e. The standard InChI is InChI=1S/C12H14ClFN2S/c1-7(2)10-6-15-12(17-10)16-11-8(13)4-3-5-9(11)14/h3-5,7,10H,6H2,1-2H3,(H,15,16). The molecule has 2 rings (SSSR count). The van der Waals surface area contributed by atoms with Crippen LogP contribution in [0.25, 0.3) is 0 Å². The van der Waals surface area contributed by atoms with Gasteiger partial charge in [0, 0.05) is 5.25 Å². The lowest BCUT2D eigenvalue weighted by Gasteiger charge is -2.13. The quantitative estimate of drug-likeness (QED) is 0.879. The van der Waals surface area contributed by atoms with Crippen LogP contribution in [0.2, 0.25) is 5.02 Å². The minimum absolute atomic E-state index is 0.310. The zero-order valence-electron chi connectivity index (χ0n) is 9.71. The van der Waals surface area contributed by atoms with E-state index in [0.29, 0.717) is 21.9 Å². The summed E-state index contributed by atoms with van der Waals surface area (Å²) in [6.45, 7) is 5.09. The molecule has 92 valence electrons. The molecule has 0 saturated heterocycles. The number of hydrogen-bond acceptors (Lipinski definition) is 3. The van der Waals surface area contributed by atoms with Crippen LogP contribution in [0, 0.1) is 11.7 Å². The Morgan fingerprint density at radius 3 is 2.88 bits per heavy atom. The van der Waals surface area contributed by atoms with Crippen molar-refractivity contribution in [1.29, 1.82) is 0 Å². The zero-order valence-corrected chi connectivity index (χ0v) is 11.3. The van der Waals surface area contributed by atoms with Crippen molar-refractivity contribution >= 4 is 34.2 Å². The van der Waals surface area contributed by atoms with E-state index >= 15 is 0 Å². The number of amidine groups is 1. The van der Waals surface area contributed by atoms with Crippen LogP contribution in [-0.4, -0.2) is 17.0 Å². The Labute approximate surface area is 110 Å². The van der Waals surface area contributed by atoms with Gasteiger partial charge in [-0.05, 0) is 18.1 Å². The highest BCUT2D eigenvalue weighted by Gasteiger charge is 2.23. The van der Waals surface area contributed by atoms with Crippen LogP contribution in [0.3, 0.4) is 0 Å². The molecule has 1 aliphatic heterocycles. The number of nitrogens with zero attached hydrogens (tertiary/aromatic N) is 1. The van der Waals surface area contributed by atoms with Gasteiger partial charge in [0.2, 0.25) is 0 Å². The summed E-state index contributed by atoms with van der Waals surface area (Å²) in [5, 5.41) is 4.55. The van der Waals surface area contributed by atoms with Gasteiger partial charge in [0.25, 0.3) is 0 Å². The summed E-state index contributed by atoms with van der Waals surface area (Å²) in [5.41, 5.74) is 0.310. The van der Waals surface area contributed by atoms with E-state index in [9.17, 15) is 4.39 Å². The van der Waals surface area contributed by atoms with Crippen LogP contribution in [0.4, 0.5) is 10.1 Å². The summed E-state index contributed by atoms with van der Waals surface area (Å²) in [6, 6.07) is 4.63. The van der Waals surface area contributed by atoms with Crippen molar-refractivity contribution in [1.82, 2.24) is 0 Å². The Balaban J connectivity index is 2.08. The molecule has 17 heavy (non-hydrogen) atoms. The first-order valence-electron chi connectivity index (χ1n) is 5.50. The molecule has 0 spiro atoms. The number of benzene rings is 1. The highest BCUT2D eigenvalue weighted by molar-refractivity contribution is 8.15. The summed E-state index contributed by atoms with van der Waals surface area (Å²) in [6.07, 6.45) is 0. The fourth-order valence-corrected chi connectivity index (χ4v) is 2.76. The van der Waals surface area contributed by atoms with Gasteiger partial charge in [0.15, 0.2) is 5.17 Å². The molecule has 2 nitrogen and oxygen atoms in total. The monoisotopic (exact) mass is 272 g/mol. The van der Waals surface area contributed by atoms with Crippen molar-refractivity contribution in [2.75, 3.05) is 11.9 Å².